The highest BCUT2D eigenvalue weighted by Crippen LogP contribution is 2.53. The maximum absolute atomic E-state index is 13.9. The predicted octanol–water partition coefficient (Wildman–Crippen LogP) is 5.86. The second kappa shape index (κ2) is 8.90. The van der Waals surface area contributed by atoms with E-state index in [0.717, 1.165) is 15.7 Å². The van der Waals surface area contributed by atoms with Crippen molar-refractivity contribution in [3.63, 3.8) is 0 Å². The normalized spacial score (nSPS) is 17.8. The fourth-order valence-corrected chi connectivity index (χ4v) is 5.83. The maximum atomic E-state index is 13.9. The average molecular weight is 498 g/mol. The van der Waals surface area contributed by atoms with Crippen LogP contribution in [0.25, 0.3) is 5.69 Å². The molecule has 1 aliphatic rings. The largest absolute Gasteiger partial charge is 0.496 e. The smallest absolute Gasteiger partial charge is 0.452 e. The van der Waals surface area contributed by atoms with Crippen molar-refractivity contribution < 1.29 is 27.8 Å². The van der Waals surface area contributed by atoms with Crippen molar-refractivity contribution in [1.82, 2.24) is 14.8 Å². The molecule has 0 fully saturated rings. The van der Waals surface area contributed by atoms with Crippen molar-refractivity contribution in [3.05, 3.63) is 69.8 Å². The molecule has 0 bridgehead atoms. The molecule has 0 aliphatic carbocycles. The summed E-state index contributed by atoms with van der Waals surface area (Å²) in [5.41, 5.74) is 2.41. The van der Waals surface area contributed by atoms with Gasteiger partial charge >= 0.3 is 12.1 Å². The number of alkyl halides is 3. The number of aromatic nitrogens is 3. The summed E-state index contributed by atoms with van der Waals surface area (Å²) in [7, 11) is 1.55. The molecule has 0 radical (unpaired) electrons. The minimum Gasteiger partial charge on any atom is -0.496 e. The number of carboxylic acid groups (broad SMARTS) is 1. The summed E-state index contributed by atoms with van der Waals surface area (Å²) in [6.07, 6.45) is -4.61. The molecular weight excluding hydrogens is 479 g/mol. The van der Waals surface area contributed by atoms with Crippen molar-refractivity contribution in [1.29, 1.82) is 0 Å². The van der Waals surface area contributed by atoms with Gasteiger partial charge in [0.1, 0.15) is 5.75 Å². The first-order valence-corrected chi connectivity index (χ1v) is 11.3. The van der Waals surface area contributed by atoms with Gasteiger partial charge in [-0.15, -0.1) is 22.0 Å². The van der Waals surface area contributed by atoms with Gasteiger partial charge in [0.2, 0.25) is 5.82 Å². The molecule has 1 aliphatic heterocycles. The molecule has 0 unspecified atom stereocenters. The van der Waals surface area contributed by atoms with Crippen LogP contribution in [0.1, 0.15) is 52.2 Å². The Bertz CT molecular complexity index is 1220. The molecule has 174 valence electrons. The molecule has 0 saturated carbocycles. The van der Waals surface area contributed by atoms with Crippen molar-refractivity contribution in [2.75, 3.05) is 7.11 Å². The molecule has 33 heavy (non-hydrogen) atoms. The molecule has 6 nitrogen and oxygen atoms in total. The number of aliphatic carboxylic acids is 1. The number of halogens is 4. The summed E-state index contributed by atoms with van der Waals surface area (Å²) >= 11 is 7.49. The van der Waals surface area contributed by atoms with Crippen molar-refractivity contribution in [3.8, 4) is 11.4 Å². The van der Waals surface area contributed by atoms with E-state index in [1.165, 1.54) is 23.9 Å². The summed E-state index contributed by atoms with van der Waals surface area (Å²) < 4.78 is 48.0. The topological polar surface area (TPSA) is 77.2 Å². The van der Waals surface area contributed by atoms with Crippen LogP contribution in [0.4, 0.5) is 13.2 Å². The monoisotopic (exact) mass is 497 g/mol. The van der Waals surface area contributed by atoms with E-state index in [9.17, 15) is 23.1 Å². The Morgan fingerprint density at radius 2 is 2.00 bits per heavy atom. The molecule has 3 aromatic rings. The lowest BCUT2D eigenvalue weighted by Crippen LogP contribution is -2.16. The van der Waals surface area contributed by atoms with Crippen LogP contribution in [0.3, 0.4) is 0 Å². The highest BCUT2D eigenvalue weighted by atomic mass is 35.5. The van der Waals surface area contributed by atoms with Gasteiger partial charge < -0.3 is 9.84 Å². The molecule has 0 amide bonds. The Morgan fingerprint density at radius 1 is 1.24 bits per heavy atom. The average Bonchev–Trinajstić information content (AvgIpc) is 3.16. The van der Waals surface area contributed by atoms with Crippen molar-refractivity contribution in [2.45, 2.75) is 36.4 Å². The van der Waals surface area contributed by atoms with Crippen molar-refractivity contribution >= 4 is 29.3 Å². The Morgan fingerprint density at radius 3 is 2.64 bits per heavy atom. The Labute approximate surface area is 196 Å². The number of thioether (sulfide) groups is 1. The van der Waals surface area contributed by atoms with Gasteiger partial charge in [-0.3, -0.25) is 9.36 Å². The predicted molar refractivity (Wildman–Crippen MR) is 118 cm³/mol. The fourth-order valence-electron chi connectivity index (χ4n) is 4.10. The second-order valence-corrected chi connectivity index (χ2v) is 9.15. The van der Waals surface area contributed by atoms with E-state index in [4.69, 9.17) is 16.3 Å². The summed E-state index contributed by atoms with van der Waals surface area (Å²) in [4.78, 5) is 11.7. The summed E-state index contributed by atoms with van der Waals surface area (Å²) in [5.74, 6) is -1.78. The van der Waals surface area contributed by atoms with Crippen LogP contribution in [0.5, 0.6) is 5.75 Å². The molecule has 11 heteroatoms. The van der Waals surface area contributed by atoms with Gasteiger partial charge in [0.25, 0.3) is 0 Å². The number of fused-ring (bicyclic) bond motifs is 3. The maximum Gasteiger partial charge on any atom is 0.452 e. The number of hydrogen-bond acceptors (Lipinski definition) is 5. The highest BCUT2D eigenvalue weighted by molar-refractivity contribution is 8.00. The summed E-state index contributed by atoms with van der Waals surface area (Å²) in [5, 5.41) is 15.6. The zero-order chi connectivity index (χ0) is 23.9. The van der Waals surface area contributed by atoms with E-state index in [1.54, 1.807) is 19.2 Å². The van der Waals surface area contributed by atoms with Crippen LogP contribution in [0.2, 0.25) is 5.02 Å². The van der Waals surface area contributed by atoms with Gasteiger partial charge in [-0.25, -0.2) is 0 Å². The minimum atomic E-state index is -4.79. The lowest BCUT2D eigenvalue weighted by molar-refractivity contribution is -0.146. The van der Waals surface area contributed by atoms with Gasteiger partial charge in [0, 0.05) is 5.02 Å². The Kier molecular flexibility index (Phi) is 6.32. The summed E-state index contributed by atoms with van der Waals surface area (Å²) in [6.45, 7) is 1.95. The number of carbonyl (C=O) groups is 1. The molecule has 0 spiro atoms. The van der Waals surface area contributed by atoms with E-state index < -0.39 is 34.9 Å². The number of benzene rings is 2. The van der Waals surface area contributed by atoms with Gasteiger partial charge in [0.15, 0.2) is 5.82 Å². The SMILES string of the molecule is CCc1c(OC)cccc1[C@H]1S[C@H](CC(=O)O)c2nnc(C(F)(F)F)n2-c2ccc(Cl)cc21. The summed E-state index contributed by atoms with van der Waals surface area (Å²) in [6, 6.07) is 10.1. The molecule has 2 heterocycles. The second-order valence-electron chi connectivity index (χ2n) is 7.40. The van der Waals surface area contributed by atoms with Crippen LogP contribution in [-0.2, 0) is 17.4 Å². The first kappa shape index (κ1) is 23.4. The standard InChI is InChI=1S/C22H19ClF3N3O3S/c1-3-12-13(5-4-6-16(12)32-2)19-14-9-11(23)7-8-15(14)29-20(17(33-19)10-18(30)31)27-28-21(29)22(24,25)26/h4-9,17,19H,3,10H2,1-2H3,(H,30,31)/t17-,19-/m1/s1. The Balaban J connectivity index is 2.04. The zero-order valence-corrected chi connectivity index (χ0v) is 19.1. The third-order valence-corrected chi connectivity index (χ3v) is 7.15. The van der Waals surface area contributed by atoms with Crippen LogP contribution in [0.15, 0.2) is 36.4 Å². The van der Waals surface area contributed by atoms with Crippen molar-refractivity contribution in [2.24, 2.45) is 0 Å². The fraction of sp³-hybridized carbons (Fsp3) is 0.318. The van der Waals surface area contributed by atoms with E-state index in [2.05, 4.69) is 10.2 Å². The third kappa shape index (κ3) is 4.29. The number of carboxylic acids is 1. The number of methoxy groups -OCH3 is 1. The number of rotatable bonds is 5. The number of hydrogen-bond donors (Lipinski definition) is 1. The molecule has 2 atom stereocenters. The third-order valence-electron chi connectivity index (χ3n) is 5.43. The first-order valence-electron chi connectivity index (χ1n) is 10.0. The quantitative estimate of drug-likeness (QED) is 0.475. The minimum absolute atomic E-state index is 0.0678. The molecule has 4 rings (SSSR count). The van der Waals surface area contributed by atoms with E-state index in [-0.39, 0.29) is 11.5 Å². The molecule has 1 aromatic heterocycles. The van der Waals surface area contributed by atoms with Crippen LogP contribution in [-0.4, -0.2) is 33.0 Å². The molecule has 1 N–H and O–H groups in total. The first-order chi connectivity index (χ1) is 15.7. The van der Waals surface area contributed by atoms with Gasteiger partial charge in [-0.1, -0.05) is 30.7 Å². The number of nitrogens with zero attached hydrogens (tertiary/aromatic N) is 3. The van der Waals surface area contributed by atoms with Crippen LogP contribution < -0.4 is 4.74 Å². The van der Waals surface area contributed by atoms with E-state index >= 15 is 0 Å². The molecule has 0 saturated heterocycles. The van der Waals surface area contributed by atoms with Gasteiger partial charge in [0.05, 0.1) is 29.7 Å². The lowest BCUT2D eigenvalue weighted by Gasteiger charge is -2.24. The van der Waals surface area contributed by atoms with E-state index in [0.29, 0.717) is 22.8 Å². The van der Waals surface area contributed by atoms with Crippen LogP contribution in [0, 0.1) is 0 Å². The van der Waals surface area contributed by atoms with Crippen LogP contribution >= 0.6 is 23.4 Å². The Hall–Kier alpha value is -2.72. The van der Waals surface area contributed by atoms with Gasteiger partial charge in [-0.2, -0.15) is 13.2 Å². The number of ether oxygens (including phenoxy) is 1. The molecular formula is C22H19ClF3N3O3S. The molecule has 2 aromatic carbocycles. The van der Waals surface area contributed by atoms with E-state index in [1.807, 2.05) is 19.1 Å². The highest BCUT2D eigenvalue weighted by Gasteiger charge is 2.43. The lowest BCUT2D eigenvalue weighted by atomic mass is 9.95. The van der Waals surface area contributed by atoms with Gasteiger partial charge in [-0.05, 0) is 47.4 Å². The zero-order valence-electron chi connectivity index (χ0n) is 17.6.